The van der Waals surface area contributed by atoms with Crippen LogP contribution < -0.4 is 10.5 Å². The van der Waals surface area contributed by atoms with Crippen molar-refractivity contribution in [2.45, 2.75) is 26.2 Å². The van der Waals surface area contributed by atoms with Crippen molar-refractivity contribution in [2.75, 3.05) is 31.1 Å². The molecule has 3 heterocycles. The number of fused-ring (bicyclic) bond motifs is 1. The number of benzene rings is 1. The van der Waals surface area contributed by atoms with E-state index < -0.39 is 11.6 Å². The zero-order valence-electron chi connectivity index (χ0n) is 17.6. The second-order valence-electron chi connectivity index (χ2n) is 8.10. The molecule has 3 aromatic rings. The summed E-state index contributed by atoms with van der Waals surface area (Å²) in [5, 5.41) is 4.29. The molecule has 2 aromatic heterocycles. The molecule has 1 amide bonds. The van der Waals surface area contributed by atoms with Crippen LogP contribution in [0.4, 0.5) is 14.5 Å². The molecule has 0 atom stereocenters. The van der Waals surface area contributed by atoms with Crippen LogP contribution >= 0.6 is 0 Å². The van der Waals surface area contributed by atoms with E-state index in [1.807, 2.05) is 0 Å². The first-order chi connectivity index (χ1) is 15.4. The Balaban J connectivity index is 1.33. The molecule has 1 fully saturated rings. The summed E-state index contributed by atoms with van der Waals surface area (Å²) < 4.78 is 28.7. The smallest absolute Gasteiger partial charge is 0.257 e. The van der Waals surface area contributed by atoms with E-state index in [9.17, 15) is 18.4 Å². The van der Waals surface area contributed by atoms with Gasteiger partial charge in [-0.2, -0.15) is 5.10 Å². The van der Waals surface area contributed by atoms with Gasteiger partial charge in [0.15, 0.2) is 0 Å². The van der Waals surface area contributed by atoms with Gasteiger partial charge in [0.25, 0.3) is 11.5 Å². The molecule has 1 N–H and O–H groups in total. The molecule has 0 saturated carbocycles. The Bertz CT molecular complexity index is 1260. The number of halogens is 2. The third kappa shape index (κ3) is 3.45. The number of nitrogens with one attached hydrogen (secondary N) is 1. The maximum Gasteiger partial charge on any atom is 0.257 e. The van der Waals surface area contributed by atoms with Crippen LogP contribution in [-0.2, 0) is 12.8 Å². The lowest BCUT2D eigenvalue weighted by atomic mass is 10.2. The van der Waals surface area contributed by atoms with Crippen molar-refractivity contribution in [1.82, 2.24) is 24.6 Å². The van der Waals surface area contributed by atoms with Crippen molar-refractivity contribution >= 4 is 11.6 Å². The number of aromatic amines is 1. The van der Waals surface area contributed by atoms with Gasteiger partial charge in [0.05, 0.1) is 28.8 Å². The van der Waals surface area contributed by atoms with Gasteiger partial charge in [0, 0.05) is 37.8 Å². The summed E-state index contributed by atoms with van der Waals surface area (Å²) in [6, 6.07) is 3.51. The SMILES string of the molecule is Cc1c(C(=O)N2CCN(c3ccc(F)cc3F)CC2)cnn1-c1nc2c(c(=O)[nH]1)CCC2. The molecule has 0 bridgehead atoms. The van der Waals surface area contributed by atoms with Gasteiger partial charge in [-0.3, -0.25) is 14.6 Å². The molecule has 0 unspecified atom stereocenters. The number of piperazine rings is 1. The van der Waals surface area contributed by atoms with Crippen LogP contribution in [0, 0.1) is 18.6 Å². The third-order valence-electron chi connectivity index (χ3n) is 6.19. The minimum absolute atomic E-state index is 0.158. The van der Waals surface area contributed by atoms with Gasteiger partial charge in [0.2, 0.25) is 5.95 Å². The highest BCUT2D eigenvalue weighted by molar-refractivity contribution is 5.95. The first kappa shape index (κ1) is 20.3. The van der Waals surface area contributed by atoms with Gasteiger partial charge in [-0.25, -0.2) is 18.4 Å². The van der Waals surface area contributed by atoms with E-state index in [0.29, 0.717) is 49.1 Å². The van der Waals surface area contributed by atoms with E-state index in [-0.39, 0.29) is 11.5 Å². The Morgan fingerprint density at radius 1 is 1.12 bits per heavy atom. The average Bonchev–Trinajstić information content (AvgIpc) is 3.40. The van der Waals surface area contributed by atoms with E-state index in [2.05, 4.69) is 15.1 Å². The van der Waals surface area contributed by atoms with Crippen molar-refractivity contribution < 1.29 is 13.6 Å². The fourth-order valence-corrected chi connectivity index (χ4v) is 4.42. The molecule has 8 nitrogen and oxygen atoms in total. The Kier molecular flexibility index (Phi) is 4.99. The summed E-state index contributed by atoms with van der Waals surface area (Å²) in [4.78, 5) is 36.2. The molecule has 10 heteroatoms. The molecule has 0 spiro atoms. The number of carbonyl (C=O) groups excluding carboxylic acids is 1. The van der Waals surface area contributed by atoms with Gasteiger partial charge in [0.1, 0.15) is 11.6 Å². The van der Waals surface area contributed by atoms with Crippen LogP contribution in [0.15, 0.2) is 29.2 Å². The highest BCUT2D eigenvalue weighted by Crippen LogP contribution is 2.23. The summed E-state index contributed by atoms with van der Waals surface area (Å²) in [5.74, 6) is -1.11. The van der Waals surface area contributed by atoms with Crippen LogP contribution in [-0.4, -0.2) is 56.7 Å². The molecule has 1 aromatic carbocycles. The quantitative estimate of drug-likeness (QED) is 0.673. The lowest BCUT2D eigenvalue weighted by molar-refractivity contribution is 0.0746. The van der Waals surface area contributed by atoms with Gasteiger partial charge < -0.3 is 9.80 Å². The molecule has 0 radical (unpaired) electrons. The molecule has 1 saturated heterocycles. The fraction of sp³-hybridized carbons (Fsp3) is 0.364. The zero-order valence-corrected chi connectivity index (χ0v) is 17.6. The molecular weight excluding hydrogens is 418 g/mol. The number of amides is 1. The highest BCUT2D eigenvalue weighted by Gasteiger charge is 2.27. The number of rotatable bonds is 3. The number of nitrogens with zero attached hydrogens (tertiary/aromatic N) is 5. The summed E-state index contributed by atoms with van der Waals surface area (Å²) in [6.45, 7) is 3.42. The summed E-state index contributed by atoms with van der Waals surface area (Å²) >= 11 is 0. The number of hydrogen-bond donors (Lipinski definition) is 1. The van der Waals surface area contributed by atoms with E-state index >= 15 is 0 Å². The molecular formula is C22H22F2N6O2. The van der Waals surface area contributed by atoms with Crippen molar-refractivity contribution in [3.05, 3.63) is 68.9 Å². The standard InChI is InChI=1S/C22H22F2N6O2/c1-13-16(12-25-30(13)22-26-18-4-2-3-15(18)20(31)27-22)21(32)29-9-7-28(8-10-29)19-6-5-14(23)11-17(19)24/h5-6,11-12H,2-4,7-10H2,1H3,(H,26,27,31). The van der Waals surface area contributed by atoms with Crippen LogP contribution in [0.1, 0.15) is 33.7 Å². The molecule has 32 heavy (non-hydrogen) atoms. The minimum Gasteiger partial charge on any atom is -0.366 e. The van der Waals surface area contributed by atoms with Gasteiger partial charge in [-0.1, -0.05) is 0 Å². The number of carbonyl (C=O) groups is 1. The van der Waals surface area contributed by atoms with Gasteiger partial charge >= 0.3 is 0 Å². The second-order valence-corrected chi connectivity index (χ2v) is 8.10. The van der Waals surface area contributed by atoms with Crippen molar-refractivity contribution in [3.63, 3.8) is 0 Å². The largest absolute Gasteiger partial charge is 0.366 e. The molecule has 166 valence electrons. The summed E-state index contributed by atoms with van der Waals surface area (Å²) in [6.07, 6.45) is 3.88. The topological polar surface area (TPSA) is 87.1 Å². The number of anilines is 1. The monoisotopic (exact) mass is 440 g/mol. The average molecular weight is 440 g/mol. The Morgan fingerprint density at radius 2 is 1.91 bits per heavy atom. The predicted octanol–water partition coefficient (Wildman–Crippen LogP) is 1.99. The third-order valence-corrected chi connectivity index (χ3v) is 6.19. The van der Waals surface area contributed by atoms with E-state index in [1.54, 1.807) is 16.7 Å². The summed E-state index contributed by atoms with van der Waals surface area (Å²) in [7, 11) is 0. The maximum atomic E-state index is 14.1. The number of aryl methyl sites for hydroxylation is 1. The lowest BCUT2D eigenvalue weighted by Crippen LogP contribution is -2.49. The van der Waals surface area contributed by atoms with Crippen LogP contribution in [0.25, 0.3) is 5.95 Å². The maximum absolute atomic E-state index is 14.1. The van der Waals surface area contributed by atoms with Crippen molar-refractivity contribution in [2.24, 2.45) is 0 Å². The molecule has 1 aliphatic carbocycles. The van der Waals surface area contributed by atoms with E-state index in [0.717, 1.165) is 36.6 Å². The Morgan fingerprint density at radius 3 is 2.66 bits per heavy atom. The van der Waals surface area contributed by atoms with Crippen LogP contribution in [0.3, 0.4) is 0 Å². The number of H-pyrrole nitrogens is 1. The summed E-state index contributed by atoms with van der Waals surface area (Å²) in [5.41, 5.74) is 2.70. The highest BCUT2D eigenvalue weighted by atomic mass is 19.1. The first-order valence-electron chi connectivity index (χ1n) is 10.6. The molecule has 2 aliphatic rings. The predicted molar refractivity (Wildman–Crippen MR) is 113 cm³/mol. The van der Waals surface area contributed by atoms with Crippen LogP contribution in [0.5, 0.6) is 0 Å². The molecule has 1 aliphatic heterocycles. The number of aromatic nitrogens is 4. The Hall–Kier alpha value is -3.56. The van der Waals surface area contributed by atoms with Crippen molar-refractivity contribution in [1.29, 1.82) is 0 Å². The lowest BCUT2D eigenvalue weighted by Gasteiger charge is -2.36. The van der Waals surface area contributed by atoms with Crippen molar-refractivity contribution in [3.8, 4) is 5.95 Å². The van der Waals surface area contributed by atoms with E-state index in [4.69, 9.17) is 0 Å². The van der Waals surface area contributed by atoms with E-state index in [1.165, 1.54) is 23.0 Å². The fourth-order valence-electron chi connectivity index (χ4n) is 4.42. The second kappa shape index (κ2) is 7.85. The first-order valence-corrected chi connectivity index (χ1v) is 10.6. The number of hydrogen-bond acceptors (Lipinski definition) is 5. The normalized spacial score (nSPS) is 15.8. The van der Waals surface area contributed by atoms with Crippen LogP contribution in [0.2, 0.25) is 0 Å². The minimum atomic E-state index is -0.619. The molecule has 5 rings (SSSR count). The Labute approximate surface area is 182 Å². The van der Waals surface area contributed by atoms with Gasteiger partial charge in [-0.15, -0.1) is 0 Å². The van der Waals surface area contributed by atoms with Gasteiger partial charge in [-0.05, 0) is 38.3 Å². The zero-order chi connectivity index (χ0) is 22.4.